The highest BCUT2D eigenvalue weighted by Crippen LogP contribution is 2.40. The molecule has 0 saturated heterocycles. The van der Waals surface area contributed by atoms with Crippen molar-refractivity contribution < 1.29 is 19.4 Å². The van der Waals surface area contributed by atoms with Gasteiger partial charge in [-0.3, -0.25) is 0 Å². The number of benzene rings is 1. The van der Waals surface area contributed by atoms with E-state index in [9.17, 15) is 4.79 Å². The first-order chi connectivity index (χ1) is 7.00. The molecule has 4 nitrogen and oxygen atoms in total. The Hall–Kier alpha value is -1.71. The third-order valence-corrected chi connectivity index (χ3v) is 2.47. The Morgan fingerprint density at radius 3 is 2.67 bits per heavy atom. The number of carbonyl (C=O) groups is 1. The van der Waals surface area contributed by atoms with Crippen molar-refractivity contribution >= 4 is 5.97 Å². The average Bonchev–Trinajstić information content (AvgIpc) is 2.45. The summed E-state index contributed by atoms with van der Waals surface area (Å²) in [6.45, 7) is 5.26. The zero-order valence-corrected chi connectivity index (χ0v) is 8.83. The maximum absolute atomic E-state index is 11.0. The summed E-state index contributed by atoms with van der Waals surface area (Å²) in [4.78, 5) is 11.0. The van der Waals surface area contributed by atoms with Crippen LogP contribution in [0.5, 0.6) is 11.5 Å². The molecule has 0 saturated carbocycles. The van der Waals surface area contributed by atoms with Crippen LogP contribution in [0.15, 0.2) is 6.07 Å². The van der Waals surface area contributed by atoms with Gasteiger partial charge in [0.05, 0.1) is 5.56 Å². The zero-order valence-electron chi connectivity index (χ0n) is 8.83. The predicted molar refractivity (Wildman–Crippen MR) is 53.6 cm³/mol. The summed E-state index contributed by atoms with van der Waals surface area (Å²) in [6, 6.07) is 1.70. The molecule has 1 aliphatic rings. The Bertz CT molecular complexity index is 437. The van der Waals surface area contributed by atoms with Crippen LogP contribution >= 0.6 is 0 Å². The molecule has 0 radical (unpaired) electrons. The number of hydrogen-bond donors (Lipinski definition) is 1. The van der Waals surface area contributed by atoms with E-state index in [1.54, 1.807) is 26.8 Å². The fraction of sp³-hybridized carbons (Fsp3) is 0.364. The number of aryl methyl sites for hydroxylation is 1. The maximum Gasteiger partial charge on any atom is 0.336 e. The lowest BCUT2D eigenvalue weighted by molar-refractivity contribution is 0.0662. The van der Waals surface area contributed by atoms with E-state index >= 15 is 0 Å². The van der Waals surface area contributed by atoms with Crippen LogP contribution in [0.1, 0.15) is 28.4 Å². The minimum Gasteiger partial charge on any atom is -0.478 e. The van der Waals surface area contributed by atoms with E-state index in [4.69, 9.17) is 14.6 Å². The molecular formula is C11H12O4. The van der Waals surface area contributed by atoms with Gasteiger partial charge < -0.3 is 14.6 Å². The molecule has 15 heavy (non-hydrogen) atoms. The van der Waals surface area contributed by atoms with Gasteiger partial charge in [0.15, 0.2) is 11.5 Å². The third kappa shape index (κ3) is 1.42. The van der Waals surface area contributed by atoms with Crippen LogP contribution < -0.4 is 9.47 Å². The second kappa shape index (κ2) is 3.15. The number of carboxylic acids is 1. The Morgan fingerprint density at radius 2 is 2.07 bits per heavy atom. The molecule has 0 fully saturated rings. The van der Waals surface area contributed by atoms with Gasteiger partial charge in [-0.2, -0.15) is 0 Å². The molecule has 2 rings (SSSR count). The second-order valence-corrected chi connectivity index (χ2v) is 3.63. The molecule has 4 heteroatoms. The summed E-state index contributed by atoms with van der Waals surface area (Å²) >= 11 is 0. The van der Waals surface area contributed by atoms with E-state index in [-0.39, 0.29) is 6.29 Å². The lowest BCUT2D eigenvalue weighted by atomic mass is 10.0. The SMILES string of the molecule is Cc1cc2c(c(C)c1C(=O)O)OC(C)O2. The highest BCUT2D eigenvalue weighted by Gasteiger charge is 2.26. The topological polar surface area (TPSA) is 55.8 Å². The van der Waals surface area contributed by atoms with E-state index in [1.807, 2.05) is 0 Å². The maximum atomic E-state index is 11.0. The fourth-order valence-corrected chi connectivity index (χ4v) is 1.86. The molecule has 1 heterocycles. The Balaban J connectivity index is 2.63. The minimum atomic E-state index is -0.934. The number of aromatic carboxylic acids is 1. The van der Waals surface area contributed by atoms with E-state index in [0.717, 1.165) is 0 Å². The number of carboxylic acid groups (broad SMARTS) is 1. The van der Waals surface area contributed by atoms with Crippen LogP contribution in [-0.4, -0.2) is 17.4 Å². The first-order valence-electron chi connectivity index (χ1n) is 4.71. The highest BCUT2D eigenvalue weighted by molar-refractivity contribution is 5.92. The Kier molecular flexibility index (Phi) is 2.07. The number of fused-ring (bicyclic) bond motifs is 1. The molecule has 1 aromatic rings. The van der Waals surface area contributed by atoms with Crippen molar-refractivity contribution in [3.05, 3.63) is 22.8 Å². The molecule has 0 amide bonds. The molecule has 0 aromatic heterocycles. The summed E-state index contributed by atoms with van der Waals surface area (Å²) in [5, 5.41) is 9.05. The quantitative estimate of drug-likeness (QED) is 0.768. The summed E-state index contributed by atoms with van der Waals surface area (Å²) in [7, 11) is 0. The molecule has 0 aliphatic carbocycles. The molecule has 1 unspecified atom stereocenters. The van der Waals surface area contributed by atoms with Crippen molar-refractivity contribution in [1.29, 1.82) is 0 Å². The van der Waals surface area contributed by atoms with Gasteiger partial charge in [0.1, 0.15) is 0 Å². The predicted octanol–water partition coefficient (Wildman–Crippen LogP) is 2.12. The molecule has 1 aliphatic heterocycles. The summed E-state index contributed by atoms with van der Waals surface area (Å²) in [5.74, 6) is 0.240. The van der Waals surface area contributed by atoms with Crippen molar-refractivity contribution in [3.8, 4) is 11.5 Å². The molecule has 80 valence electrons. The smallest absolute Gasteiger partial charge is 0.336 e. The van der Waals surface area contributed by atoms with Crippen LogP contribution in [0, 0.1) is 13.8 Å². The first-order valence-corrected chi connectivity index (χ1v) is 4.71. The van der Waals surface area contributed by atoms with Crippen LogP contribution in [0.2, 0.25) is 0 Å². The van der Waals surface area contributed by atoms with Crippen LogP contribution in [0.3, 0.4) is 0 Å². The zero-order chi connectivity index (χ0) is 11.2. The molecule has 1 atom stereocenters. The van der Waals surface area contributed by atoms with Crippen molar-refractivity contribution in [3.63, 3.8) is 0 Å². The van der Waals surface area contributed by atoms with Gasteiger partial charge in [-0.25, -0.2) is 4.79 Å². The van der Waals surface area contributed by atoms with Gasteiger partial charge in [0, 0.05) is 12.5 Å². The molecule has 1 N–H and O–H groups in total. The summed E-state index contributed by atoms with van der Waals surface area (Å²) < 4.78 is 10.8. The molecule has 1 aromatic carbocycles. The molecule has 0 spiro atoms. The van der Waals surface area contributed by atoms with Crippen LogP contribution in [0.4, 0.5) is 0 Å². The molecular weight excluding hydrogens is 196 g/mol. The van der Waals surface area contributed by atoms with Crippen LogP contribution in [-0.2, 0) is 0 Å². The number of rotatable bonds is 1. The van der Waals surface area contributed by atoms with Gasteiger partial charge in [-0.1, -0.05) is 0 Å². The number of hydrogen-bond acceptors (Lipinski definition) is 3. The number of ether oxygens (including phenoxy) is 2. The van der Waals surface area contributed by atoms with Crippen LogP contribution in [0.25, 0.3) is 0 Å². The van der Waals surface area contributed by atoms with Gasteiger partial charge in [-0.15, -0.1) is 0 Å². The van der Waals surface area contributed by atoms with E-state index in [0.29, 0.717) is 28.2 Å². The van der Waals surface area contributed by atoms with E-state index in [2.05, 4.69) is 0 Å². The van der Waals surface area contributed by atoms with Gasteiger partial charge in [0.25, 0.3) is 0 Å². The molecule has 0 bridgehead atoms. The minimum absolute atomic E-state index is 0.298. The normalized spacial score (nSPS) is 17.9. The van der Waals surface area contributed by atoms with Crippen molar-refractivity contribution in [1.82, 2.24) is 0 Å². The summed E-state index contributed by atoms with van der Waals surface area (Å²) in [5.41, 5.74) is 1.62. The van der Waals surface area contributed by atoms with Crippen molar-refractivity contribution in [2.45, 2.75) is 27.1 Å². The lowest BCUT2D eigenvalue weighted by Gasteiger charge is -2.08. The van der Waals surface area contributed by atoms with Gasteiger partial charge in [-0.05, 0) is 25.5 Å². The lowest BCUT2D eigenvalue weighted by Crippen LogP contribution is -2.11. The first kappa shape index (κ1) is 9.83. The third-order valence-electron chi connectivity index (χ3n) is 2.47. The van der Waals surface area contributed by atoms with E-state index in [1.165, 1.54) is 0 Å². The summed E-state index contributed by atoms with van der Waals surface area (Å²) in [6.07, 6.45) is -0.345. The van der Waals surface area contributed by atoms with E-state index < -0.39 is 5.97 Å². The van der Waals surface area contributed by atoms with Gasteiger partial charge >= 0.3 is 5.97 Å². The van der Waals surface area contributed by atoms with Crippen molar-refractivity contribution in [2.75, 3.05) is 0 Å². The largest absolute Gasteiger partial charge is 0.478 e. The van der Waals surface area contributed by atoms with Crippen molar-refractivity contribution in [2.24, 2.45) is 0 Å². The van der Waals surface area contributed by atoms with Gasteiger partial charge in [0.2, 0.25) is 6.29 Å². The standard InChI is InChI=1S/C11H12O4/c1-5-4-8-10(15-7(3)14-8)6(2)9(5)11(12)13/h4,7H,1-3H3,(H,12,13). The Morgan fingerprint density at radius 1 is 1.40 bits per heavy atom. The fourth-order valence-electron chi connectivity index (χ4n) is 1.86. The Labute approximate surface area is 87.4 Å². The monoisotopic (exact) mass is 208 g/mol. The average molecular weight is 208 g/mol. The highest BCUT2D eigenvalue weighted by atomic mass is 16.7. The second-order valence-electron chi connectivity index (χ2n) is 3.63.